The molecule has 0 spiro atoms. The summed E-state index contributed by atoms with van der Waals surface area (Å²) in [6.07, 6.45) is 0.621. The van der Waals surface area contributed by atoms with E-state index in [1.807, 2.05) is 7.05 Å². The van der Waals surface area contributed by atoms with E-state index < -0.39 is 5.82 Å². The zero-order valence-corrected chi connectivity index (χ0v) is 9.96. The van der Waals surface area contributed by atoms with Crippen molar-refractivity contribution in [2.45, 2.75) is 6.42 Å². The highest BCUT2D eigenvalue weighted by molar-refractivity contribution is 6.33. The summed E-state index contributed by atoms with van der Waals surface area (Å²) in [5.74, 6) is 0.231. The Kier molecular flexibility index (Phi) is 3.71. The van der Waals surface area contributed by atoms with Crippen LogP contribution in [0.2, 0.25) is 5.02 Å². The van der Waals surface area contributed by atoms with Crippen molar-refractivity contribution in [3.8, 4) is 11.5 Å². The van der Waals surface area contributed by atoms with E-state index in [0.717, 1.165) is 6.54 Å². The maximum atomic E-state index is 13.2. The van der Waals surface area contributed by atoms with Crippen LogP contribution < -0.4 is 5.32 Å². The van der Waals surface area contributed by atoms with Crippen LogP contribution >= 0.6 is 11.6 Å². The normalized spacial score (nSPS) is 10.8. The predicted octanol–water partition coefficient (Wildman–Crippen LogP) is 2.29. The quantitative estimate of drug-likeness (QED) is 0.911. The molecule has 6 heteroatoms. The minimum atomic E-state index is -0.501. The van der Waals surface area contributed by atoms with E-state index in [4.69, 9.17) is 16.0 Å². The Morgan fingerprint density at radius 1 is 1.41 bits per heavy atom. The third-order valence-electron chi connectivity index (χ3n) is 2.24. The maximum Gasteiger partial charge on any atom is 0.249 e. The number of halogens is 2. The Labute approximate surface area is 103 Å². The fraction of sp³-hybridized carbons (Fsp3) is 0.273. The molecule has 0 saturated heterocycles. The van der Waals surface area contributed by atoms with Crippen LogP contribution in [0.5, 0.6) is 0 Å². The average Bonchev–Trinajstić information content (AvgIpc) is 2.78. The van der Waals surface area contributed by atoms with Crippen LogP contribution in [-0.4, -0.2) is 23.8 Å². The van der Waals surface area contributed by atoms with Crippen molar-refractivity contribution in [2.75, 3.05) is 13.6 Å². The standard InChI is InChI=1S/C11H11ClFN3O/c1-14-6-5-9-15-16-11(17-9)7-3-2-4-8(13)10(7)12/h2-4,14H,5-6H2,1H3. The largest absolute Gasteiger partial charge is 0.421 e. The Morgan fingerprint density at radius 3 is 3.00 bits per heavy atom. The van der Waals surface area contributed by atoms with E-state index in [1.54, 1.807) is 12.1 Å². The molecule has 2 rings (SSSR count). The Hall–Kier alpha value is -1.46. The fourth-order valence-corrected chi connectivity index (χ4v) is 1.57. The van der Waals surface area contributed by atoms with Gasteiger partial charge in [0.15, 0.2) is 0 Å². The summed E-state index contributed by atoms with van der Waals surface area (Å²) in [5.41, 5.74) is 0.412. The van der Waals surface area contributed by atoms with Crippen LogP contribution in [0.15, 0.2) is 22.6 Å². The van der Waals surface area contributed by atoms with E-state index in [-0.39, 0.29) is 10.9 Å². The molecule has 0 saturated carbocycles. The van der Waals surface area contributed by atoms with Crippen molar-refractivity contribution in [3.63, 3.8) is 0 Å². The van der Waals surface area contributed by atoms with Gasteiger partial charge >= 0.3 is 0 Å². The highest BCUT2D eigenvalue weighted by Gasteiger charge is 2.14. The van der Waals surface area contributed by atoms with Crippen molar-refractivity contribution in [2.24, 2.45) is 0 Å². The molecule has 17 heavy (non-hydrogen) atoms. The highest BCUT2D eigenvalue weighted by atomic mass is 35.5. The van der Waals surface area contributed by atoms with Crippen LogP contribution in [0.25, 0.3) is 11.5 Å². The van der Waals surface area contributed by atoms with Crippen molar-refractivity contribution >= 4 is 11.6 Å². The maximum absolute atomic E-state index is 13.2. The monoisotopic (exact) mass is 255 g/mol. The third kappa shape index (κ3) is 2.62. The molecular weight excluding hydrogens is 245 g/mol. The van der Waals surface area contributed by atoms with Gasteiger partial charge in [-0.05, 0) is 19.2 Å². The number of aromatic nitrogens is 2. The summed E-state index contributed by atoms with van der Waals surface area (Å²) in [5, 5.41) is 10.7. The number of nitrogens with zero attached hydrogens (tertiary/aromatic N) is 2. The summed E-state index contributed by atoms with van der Waals surface area (Å²) in [6, 6.07) is 4.47. The molecule has 0 amide bonds. The van der Waals surface area contributed by atoms with Gasteiger partial charge in [-0.1, -0.05) is 17.7 Å². The fourth-order valence-electron chi connectivity index (χ4n) is 1.36. The minimum Gasteiger partial charge on any atom is -0.421 e. The molecule has 0 aliphatic heterocycles. The van der Waals surface area contributed by atoms with Gasteiger partial charge in [0.05, 0.1) is 10.6 Å². The van der Waals surface area contributed by atoms with Crippen LogP contribution in [0.4, 0.5) is 4.39 Å². The first kappa shape index (κ1) is 12.0. The molecule has 1 heterocycles. The molecule has 4 nitrogen and oxygen atoms in total. The van der Waals surface area contributed by atoms with Crippen molar-refractivity contribution in [3.05, 3.63) is 34.9 Å². The molecule has 1 aromatic heterocycles. The van der Waals surface area contributed by atoms with E-state index in [1.165, 1.54) is 6.07 Å². The number of hydrogen-bond acceptors (Lipinski definition) is 4. The summed E-state index contributed by atoms with van der Waals surface area (Å²) in [7, 11) is 1.83. The second-order valence-corrected chi connectivity index (χ2v) is 3.83. The minimum absolute atomic E-state index is 0.00341. The Bertz CT molecular complexity index is 515. The first-order valence-corrected chi connectivity index (χ1v) is 5.51. The van der Waals surface area contributed by atoms with Gasteiger partial charge in [-0.3, -0.25) is 0 Å². The molecule has 0 aliphatic carbocycles. The lowest BCUT2D eigenvalue weighted by Gasteiger charge is -1.99. The van der Waals surface area contributed by atoms with Crippen molar-refractivity contribution < 1.29 is 8.81 Å². The summed E-state index contributed by atoms with van der Waals surface area (Å²) in [6.45, 7) is 0.735. The summed E-state index contributed by atoms with van der Waals surface area (Å²) in [4.78, 5) is 0. The Morgan fingerprint density at radius 2 is 2.24 bits per heavy atom. The van der Waals surface area contributed by atoms with Gasteiger partial charge < -0.3 is 9.73 Å². The lowest BCUT2D eigenvalue weighted by atomic mass is 10.2. The predicted molar refractivity (Wildman–Crippen MR) is 62.3 cm³/mol. The lowest BCUT2D eigenvalue weighted by Crippen LogP contribution is -2.10. The van der Waals surface area contributed by atoms with Gasteiger partial charge in [-0.25, -0.2) is 4.39 Å². The molecule has 0 atom stereocenters. The first-order valence-electron chi connectivity index (χ1n) is 5.13. The molecule has 0 aliphatic rings. The number of rotatable bonds is 4. The molecule has 0 unspecified atom stereocenters. The van der Waals surface area contributed by atoms with Gasteiger partial charge in [-0.15, -0.1) is 10.2 Å². The average molecular weight is 256 g/mol. The summed E-state index contributed by atoms with van der Waals surface area (Å²) < 4.78 is 18.6. The second-order valence-electron chi connectivity index (χ2n) is 3.46. The van der Waals surface area contributed by atoms with Crippen LogP contribution in [-0.2, 0) is 6.42 Å². The Balaban J connectivity index is 2.27. The molecule has 2 aromatic rings. The first-order chi connectivity index (χ1) is 8.22. The van der Waals surface area contributed by atoms with Crippen LogP contribution in [0.1, 0.15) is 5.89 Å². The second kappa shape index (κ2) is 5.25. The van der Waals surface area contributed by atoms with Gasteiger partial charge in [0.1, 0.15) is 5.82 Å². The van der Waals surface area contributed by atoms with Gasteiger partial charge in [0.25, 0.3) is 0 Å². The topological polar surface area (TPSA) is 51.0 Å². The van der Waals surface area contributed by atoms with Gasteiger partial charge in [-0.2, -0.15) is 0 Å². The third-order valence-corrected chi connectivity index (χ3v) is 2.62. The molecule has 1 N–H and O–H groups in total. The SMILES string of the molecule is CNCCc1nnc(-c2cccc(F)c2Cl)o1. The van der Waals surface area contributed by atoms with Crippen molar-refractivity contribution in [1.82, 2.24) is 15.5 Å². The zero-order valence-electron chi connectivity index (χ0n) is 9.20. The number of nitrogens with one attached hydrogen (secondary N) is 1. The highest BCUT2D eigenvalue weighted by Crippen LogP contribution is 2.28. The molecular formula is C11H11ClFN3O. The molecule has 90 valence electrons. The van der Waals surface area contributed by atoms with Crippen LogP contribution in [0, 0.1) is 5.82 Å². The number of benzene rings is 1. The van der Waals surface area contributed by atoms with E-state index >= 15 is 0 Å². The lowest BCUT2D eigenvalue weighted by molar-refractivity contribution is 0.499. The molecule has 1 aromatic carbocycles. The molecule has 0 radical (unpaired) electrons. The summed E-state index contributed by atoms with van der Waals surface area (Å²) >= 11 is 5.83. The van der Waals surface area contributed by atoms with Gasteiger partial charge in [0.2, 0.25) is 11.8 Å². The van der Waals surface area contributed by atoms with Crippen molar-refractivity contribution in [1.29, 1.82) is 0 Å². The number of hydrogen-bond donors (Lipinski definition) is 1. The zero-order chi connectivity index (χ0) is 12.3. The van der Waals surface area contributed by atoms with E-state index in [2.05, 4.69) is 15.5 Å². The van der Waals surface area contributed by atoms with E-state index in [0.29, 0.717) is 17.9 Å². The van der Waals surface area contributed by atoms with Crippen LogP contribution in [0.3, 0.4) is 0 Å². The molecule has 0 fully saturated rings. The smallest absolute Gasteiger partial charge is 0.249 e. The van der Waals surface area contributed by atoms with E-state index in [9.17, 15) is 4.39 Å². The van der Waals surface area contributed by atoms with Gasteiger partial charge in [0, 0.05) is 13.0 Å². The molecule has 0 bridgehead atoms. The number of likely N-dealkylation sites (N-methyl/N-ethyl adjacent to an activating group) is 1.